The minimum Gasteiger partial charge on any atom is -0.482 e. The number of aryl methyl sites for hydroxylation is 1. The van der Waals surface area contributed by atoms with Crippen LogP contribution >= 0.6 is 23.2 Å². The molecule has 7 heteroatoms. The highest BCUT2D eigenvalue weighted by Gasteiger charge is 2.35. The molecule has 1 aromatic carbocycles. The first-order valence-corrected chi connectivity index (χ1v) is 8.14. The van der Waals surface area contributed by atoms with E-state index in [2.05, 4.69) is 10.3 Å². The van der Waals surface area contributed by atoms with E-state index in [0.29, 0.717) is 21.7 Å². The van der Waals surface area contributed by atoms with Gasteiger partial charge < -0.3 is 14.6 Å². The lowest BCUT2D eigenvalue weighted by Crippen LogP contribution is -2.35. The van der Waals surface area contributed by atoms with Gasteiger partial charge >= 0.3 is 0 Å². The molecule has 0 radical (unpaired) electrons. The minimum absolute atomic E-state index is 0.0770. The van der Waals surface area contributed by atoms with Gasteiger partial charge in [0.05, 0.1) is 11.1 Å². The van der Waals surface area contributed by atoms with E-state index in [0.717, 1.165) is 18.7 Å². The average Bonchev–Trinajstić information content (AvgIpc) is 3.26. The van der Waals surface area contributed by atoms with Crippen LogP contribution in [0.2, 0.25) is 10.0 Å². The lowest BCUT2D eigenvalue weighted by molar-refractivity contribution is -0.124. The van der Waals surface area contributed by atoms with Crippen LogP contribution in [-0.4, -0.2) is 22.1 Å². The zero-order valence-corrected chi connectivity index (χ0v) is 14.1. The zero-order valence-electron chi connectivity index (χ0n) is 12.6. The zero-order chi connectivity index (χ0) is 16.4. The summed E-state index contributed by atoms with van der Waals surface area (Å²) in [4.78, 5) is 16.5. The fraction of sp³-hybridized carbons (Fsp3) is 0.375. The van der Waals surface area contributed by atoms with Gasteiger partial charge in [0.2, 0.25) is 0 Å². The number of carbonyl (C=O) groups excluding carboxylic acids is 1. The van der Waals surface area contributed by atoms with Crippen molar-refractivity contribution < 1.29 is 9.53 Å². The third kappa shape index (κ3) is 3.98. The number of carbonyl (C=O) groups is 1. The molecule has 1 aromatic heterocycles. The number of amides is 1. The van der Waals surface area contributed by atoms with E-state index in [9.17, 15) is 4.79 Å². The van der Waals surface area contributed by atoms with Crippen molar-refractivity contribution in [1.29, 1.82) is 0 Å². The van der Waals surface area contributed by atoms with E-state index < -0.39 is 0 Å². The summed E-state index contributed by atoms with van der Waals surface area (Å²) in [7, 11) is 1.92. The average molecular weight is 354 g/mol. The quantitative estimate of drug-likeness (QED) is 0.865. The molecule has 0 spiro atoms. The number of nitrogens with one attached hydrogen (secondary N) is 1. The second-order valence-electron chi connectivity index (χ2n) is 5.64. The molecular weight excluding hydrogens is 337 g/mol. The summed E-state index contributed by atoms with van der Waals surface area (Å²) in [5.74, 6) is 1.55. The molecule has 2 aromatic rings. The number of nitrogens with zero attached hydrogens (tertiary/aromatic N) is 2. The summed E-state index contributed by atoms with van der Waals surface area (Å²) in [6, 6.07) is 4.82. The molecule has 1 aliphatic rings. The maximum absolute atomic E-state index is 12.2. The van der Waals surface area contributed by atoms with E-state index in [4.69, 9.17) is 27.9 Å². The molecule has 3 rings (SSSR count). The molecule has 5 nitrogen and oxygen atoms in total. The van der Waals surface area contributed by atoms with Gasteiger partial charge in [0.15, 0.2) is 6.61 Å². The van der Waals surface area contributed by atoms with Crippen LogP contribution in [0.1, 0.15) is 24.7 Å². The summed E-state index contributed by atoms with van der Waals surface area (Å²) in [6.07, 6.45) is 5.81. The van der Waals surface area contributed by atoms with Gasteiger partial charge in [0.1, 0.15) is 11.6 Å². The maximum atomic E-state index is 12.2. The standard InChI is InChI=1S/C16H17Cl2N3O2/c1-21-7-6-19-16(21)15(10-2-3-10)20-14(22)9-23-13-5-4-11(17)8-12(13)18/h4-8,10,15H,2-3,9H2,1H3,(H,20,22). The van der Waals surface area contributed by atoms with Crippen molar-refractivity contribution in [1.82, 2.24) is 14.9 Å². The summed E-state index contributed by atoms with van der Waals surface area (Å²) in [5, 5.41) is 3.91. The Labute approximate surface area is 144 Å². The smallest absolute Gasteiger partial charge is 0.258 e. The Hall–Kier alpha value is -1.72. The second kappa shape index (κ2) is 6.81. The van der Waals surface area contributed by atoms with Crippen LogP contribution in [0, 0.1) is 5.92 Å². The predicted octanol–water partition coefficient (Wildman–Crippen LogP) is 3.37. The number of hydrogen-bond donors (Lipinski definition) is 1. The number of ether oxygens (including phenoxy) is 1. The Morgan fingerprint density at radius 3 is 2.87 bits per heavy atom. The number of imidazole rings is 1. The second-order valence-corrected chi connectivity index (χ2v) is 6.49. The summed E-state index contributed by atoms with van der Waals surface area (Å²) in [6.45, 7) is -0.102. The molecule has 1 N–H and O–H groups in total. The van der Waals surface area contributed by atoms with Crippen molar-refractivity contribution in [2.75, 3.05) is 6.61 Å². The third-order valence-electron chi connectivity index (χ3n) is 3.80. The normalized spacial score (nSPS) is 15.3. The summed E-state index contributed by atoms with van der Waals surface area (Å²) in [5.41, 5.74) is 0. The lowest BCUT2D eigenvalue weighted by atomic mass is 10.1. The van der Waals surface area contributed by atoms with Crippen molar-refractivity contribution >= 4 is 29.1 Å². The Morgan fingerprint density at radius 1 is 1.48 bits per heavy atom. The molecule has 0 bridgehead atoms. The van der Waals surface area contributed by atoms with Crippen molar-refractivity contribution in [2.45, 2.75) is 18.9 Å². The van der Waals surface area contributed by atoms with Crippen LogP contribution in [0.25, 0.3) is 0 Å². The van der Waals surface area contributed by atoms with Crippen LogP contribution in [0.15, 0.2) is 30.6 Å². The Kier molecular flexibility index (Phi) is 4.78. The Balaban J connectivity index is 1.60. The maximum Gasteiger partial charge on any atom is 0.258 e. The van der Waals surface area contributed by atoms with Gasteiger partial charge in [0, 0.05) is 24.5 Å². The van der Waals surface area contributed by atoms with Gasteiger partial charge in [-0.05, 0) is 37.0 Å². The number of benzene rings is 1. The molecule has 23 heavy (non-hydrogen) atoms. The third-order valence-corrected chi connectivity index (χ3v) is 4.33. The van der Waals surface area contributed by atoms with Gasteiger partial charge in [-0.1, -0.05) is 23.2 Å². The molecule has 122 valence electrons. The lowest BCUT2D eigenvalue weighted by Gasteiger charge is -2.18. The number of hydrogen-bond acceptors (Lipinski definition) is 3. The van der Waals surface area contributed by atoms with Crippen molar-refractivity contribution in [3.05, 3.63) is 46.5 Å². The first-order valence-electron chi connectivity index (χ1n) is 7.39. The first kappa shape index (κ1) is 16.1. The fourth-order valence-electron chi connectivity index (χ4n) is 2.45. The van der Waals surface area contributed by atoms with Crippen molar-refractivity contribution in [3.63, 3.8) is 0 Å². The van der Waals surface area contributed by atoms with Crippen LogP contribution < -0.4 is 10.1 Å². The van der Waals surface area contributed by atoms with Gasteiger partial charge in [-0.3, -0.25) is 4.79 Å². The van der Waals surface area contributed by atoms with Gasteiger partial charge in [-0.2, -0.15) is 0 Å². The summed E-state index contributed by atoms with van der Waals surface area (Å²) < 4.78 is 7.40. The van der Waals surface area contributed by atoms with E-state index in [1.165, 1.54) is 0 Å². The topological polar surface area (TPSA) is 56.2 Å². The molecule has 1 unspecified atom stereocenters. The summed E-state index contributed by atoms with van der Waals surface area (Å²) >= 11 is 11.9. The fourth-order valence-corrected chi connectivity index (χ4v) is 2.91. The van der Waals surface area contributed by atoms with E-state index in [1.54, 1.807) is 24.4 Å². The minimum atomic E-state index is -0.198. The molecule has 1 heterocycles. The van der Waals surface area contributed by atoms with E-state index in [-0.39, 0.29) is 18.6 Å². The van der Waals surface area contributed by atoms with Crippen molar-refractivity contribution in [2.24, 2.45) is 13.0 Å². The predicted molar refractivity (Wildman–Crippen MR) is 88.8 cm³/mol. The highest BCUT2D eigenvalue weighted by atomic mass is 35.5. The Bertz CT molecular complexity index is 713. The van der Waals surface area contributed by atoms with Crippen molar-refractivity contribution in [3.8, 4) is 5.75 Å². The van der Waals surface area contributed by atoms with Crippen LogP contribution in [0.3, 0.4) is 0 Å². The largest absolute Gasteiger partial charge is 0.482 e. The SMILES string of the molecule is Cn1ccnc1C(NC(=O)COc1ccc(Cl)cc1Cl)C1CC1. The van der Waals surface area contributed by atoms with Crippen LogP contribution in [0.4, 0.5) is 0 Å². The van der Waals surface area contributed by atoms with Gasteiger partial charge in [-0.25, -0.2) is 4.98 Å². The number of rotatable bonds is 6. The number of halogens is 2. The Morgan fingerprint density at radius 2 is 2.26 bits per heavy atom. The molecule has 0 aliphatic heterocycles. The van der Waals surface area contributed by atoms with Gasteiger partial charge in [0.25, 0.3) is 5.91 Å². The van der Waals surface area contributed by atoms with Crippen LogP contribution in [0.5, 0.6) is 5.75 Å². The highest BCUT2D eigenvalue weighted by molar-refractivity contribution is 6.35. The molecule has 1 saturated carbocycles. The monoisotopic (exact) mass is 353 g/mol. The van der Waals surface area contributed by atoms with E-state index >= 15 is 0 Å². The molecular formula is C16H17Cl2N3O2. The van der Waals surface area contributed by atoms with Crippen LogP contribution in [-0.2, 0) is 11.8 Å². The van der Waals surface area contributed by atoms with E-state index in [1.807, 2.05) is 17.8 Å². The molecule has 1 atom stereocenters. The number of aromatic nitrogens is 2. The molecule has 0 saturated heterocycles. The molecule has 1 aliphatic carbocycles. The first-order chi connectivity index (χ1) is 11.0. The molecule has 1 fully saturated rings. The van der Waals surface area contributed by atoms with Gasteiger partial charge in [-0.15, -0.1) is 0 Å². The highest BCUT2D eigenvalue weighted by Crippen LogP contribution is 2.40. The molecule has 1 amide bonds.